The average molecular weight is 332 g/mol. The molecule has 0 unspecified atom stereocenters. The van der Waals surface area contributed by atoms with Gasteiger partial charge in [0, 0.05) is 24.7 Å². The van der Waals surface area contributed by atoms with Crippen LogP contribution in [-0.2, 0) is 5.60 Å². The number of hydrogen-bond donors (Lipinski definition) is 1. The molecule has 4 nitrogen and oxygen atoms in total. The predicted molar refractivity (Wildman–Crippen MR) is 97.2 cm³/mol. The topological polar surface area (TPSA) is 53.4 Å². The molecule has 1 N–H and O–H groups in total. The van der Waals surface area contributed by atoms with Crippen molar-refractivity contribution >= 4 is 16.8 Å². The van der Waals surface area contributed by atoms with Crippen LogP contribution in [0.15, 0.2) is 66.9 Å². The number of carbonyl (C=O) groups excluding carboxylic acids is 1. The van der Waals surface area contributed by atoms with Crippen LogP contribution in [0.1, 0.15) is 28.8 Å². The minimum atomic E-state index is -0.849. The maximum absolute atomic E-state index is 13.0. The number of piperidine rings is 1. The highest BCUT2D eigenvalue weighted by atomic mass is 16.3. The van der Waals surface area contributed by atoms with Crippen molar-refractivity contribution in [1.29, 1.82) is 0 Å². The van der Waals surface area contributed by atoms with E-state index in [2.05, 4.69) is 4.98 Å². The first-order valence-electron chi connectivity index (χ1n) is 8.58. The highest BCUT2D eigenvalue weighted by molar-refractivity contribution is 6.06. The number of para-hydroxylation sites is 1. The van der Waals surface area contributed by atoms with Crippen molar-refractivity contribution in [2.24, 2.45) is 0 Å². The van der Waals surface area contributed by atoms with Crippen molar-refractivity contribution < 1.29 is 9.90 Å². The number of hydrogen-bond acceptors (Lipinski definition) is 3. The molecule has 0 aliphatic carbocycles. The zero-order chi connectivity index (χ0) is 17.3. The quantitative estimate of drug-likeness (QED) is 0.783. The van der Waals surface area contributed by atoms with Gasteiger partial charge in [0.05, 0.1) is 16.7 Å². The summed E-state index contributed by atoms with van der Waals surface area (Å²) in [5.41, 5.74) is 1.58. The Kier molecular flexibility index (Phi) is 3.98. The lowest BCUT2D eigenvalue weighted by molar-refractivity contribution is -0.0211. The van der Waals surface area contributed by atoms with Gasteiger partial charge in [-0.15, -0.1) is 0 Å². The van der Waals surface area contributed by atoms with Crippen molar-refractivity contribution in [3.05, 3.63) is 78.0 Å². The van der Waals surface area contributed by atoms with Gasteiger partial charge in [0.25, 0.3) is 5.91 Å². The van der Waals surface area contributed by atoms with E-state index in [0.29, 0.717) is 31.5 Å². The number of benzene rings is 2. The van der Waals surface area contributed by atoms with Crippen LogP contribution in [0.2, 0.25) is 0 Å². The standard InChI is InChI=1S/C21H20N2O2/c24-20(18-10-13-22-19-9-5-4-8-17(18)19)23-14-11-21(25,12-15-23)16-6-2-1-3-7-16/h1-10,13,25H,11-12,14-15H2. The third-order valence-electron chi connectivity index (χ3n) is 5.07. The minimum Gasteiger partial charge on any atom is -0.385 e. The second-order valence-corrected chi connectivity index (χ2v) is 6.57. The number of aromatic nitrogens is 1. The van der Waals surface area contributed by atoms with Gasteiger partial charge in [-0.2, -0.15) is 0 Å². The molecule has 1 amide bonds. The Hall–Kier alpha value is -2.72. The Bertz CT molecular complexity index is 895. The minimum absolute atomic E-state index is 0.00807. The summed E-state index contributed by atoms with van der Waals surface area (Å²) in [4.78, 5) is 19.1. The summed E-state index contributed by atoms with van der Waals surface area (Å²) >= 11 is 0. The van der Waals surface area contributed by atoms with Crippen LogP contribution < -0.4 is 0 Å². The second kappa shape index (κ2) is 6.30. The van der Waals surface area contributed by atoms with Crippen LogP contribution in [0.4, 0.5) is 0 Å². The molecule has 1 saturated heterocycles. The summed E-state index contributed by atoms with van der Waals surface area (Å²) in [7, 11) is 0. The van der Waals surface area contributed by atoms with Crippen LogP contribution in [0, 0.1) is 0 Å². The molecule has 2 heterocycles. The lowest BCUT2D eigenvalue weighted by Crippen LogP contribution is -2.45. The van der Waals surface area contributed by atoms with Crippen molar-refractivity contribution in [1.82, 2.24) is 9.88 Å². The molecule has 0 radical (unpaired) electrons. The number of aliphatic hydroxyl groups is 1. The van der Waals surface area contributed by atoms with E-state index >= 15 is 0 Å². The molecule has 1 aliphatic heterocycles. The summed E-state index contributed by atoms with van der Waals surface area (Å²) in [6.45, 7) is 1.09. The lowest BCUT2D eigenvalue weighted by Gasteiger charge is -2.38. The first-order chi connectivity index (χ1) is 12.2. The van der Waals surface area contributed by atoms with E-state index in [9.17, 15) is 9.90 Å². The number of amides is 1. The maximum atomic E-state index is 13.0. The SMILES string of the molecule is O=C(c1ccnc2ccccc12)N1CCC(O)(c2ccccc2)CC1. The number of carbonyl (C=O) groups is 1. The molecule has 4 heteroatoms. The van der Waals surface area contributed by atoms with Gasteiger partial charge in [0.15, 0.2) is 0 Å². The summed E-state index contributed by atoms with van der Waals surface area (Å²) in [5.74, 6) is 0.00807. The zero-order valence-corrected chi connectivity index (χ0v) is 13.9. The maximum Gasteiger partial charge on any atom is 0.254 e. The third kappa shape index (κ3) is 2.89. The van der Waals surface area contributed by atoms with E-state index in [4.69, 9.17) is 0 Å². The van der Waals surface area contributed by atoms with Crippen LogP contribution >= 0.6 is 0 Å². The largest absolute Gasteiger partial charge is 0.385 e. The Balaban J connectivity index is 1.55. The van der Waals surface area contributed by atoms with E-state index in [1.54, 1.807) is 12.3 Å². The van der Waals surface area contributed by atoms with Crippen molar-refractivity contribution in [3.63, 3.8) is 0 Å². The van der Waals surface area contributed by atoms with E-state index in [0.717, 1.165) is 16.5 Å². The molecule has 4 rings (SSSR count). The molecular formula is C21H20N2O2. The summed E-state index contributed by atoms with van der Waals surface area (Å²) < 4.78 is 0. The van der Waals surface area contributed by atoms with Crippen molar-refractivity contribution in [3.8, 4) is 0 Å². The number of rotatable bonds is 2. The van der Waals surface area contributed by atoms with Crippen molar-refractivity contribution in [2.75, 3.05) is 13.1 Å². The first kappa shape index (κ1) is 15.8. The molecule has 3 aromatic rings. The van der Waals surface area contributed by atoms with E-state index < -0.39 is 5.60 Å². The number of likely N-dealkylation sites (tertiary alicyclic amines) is 1. The number of fused-ring (bicyclic) bond motifs is 1. The summed E-state index contributed by atoms with van der Waals surface area (Å²) in [5, 5.41) is 11.8. The molecule has 126 valence electrons. The van der Waals surface area contributed by atoms with Crippen LogP contribution in [0.5, 0.6) is 0 Å². The molecule has 0 spiro atoms. The second-order valence-electron chi connectivity index (χ2n) is 6.57. The molecule has 1 aliphatic rings. The number of pyridine rings is 1. The fourth-order valence-electron chi connectivity index (χ4n) is 3.57. The normalized spacial score (nSPS) is 16.8. The third-order valence-corrected chi connectivity index (χ3v) is 5.07. The molecule has 1 fully saturated rings. The predicted octanol–water partition coefficient (Wildman–Crippen LogP) is 3.36. The van der Waals surface area contributed by atoms with Gasteiger partial charge in [0.2, 0.25) is 0 Å². The zero-order valence-electron chi connectivity index (χ0n) is 13.9. The van der Waals surface area contributed by atoms with E-state index in [1.807, 2.05) is 59.5 Å². The monoisotopic (exact) mass is 332 g/mol. The smallest absolute Gasteiger partial charge is 0.254 e. The number of nitrogens with zero attached hydrogens (tertiary/aromatic N) is 2. The highest BCUT2D eigenvalue weighted by Gasteiger charge is 2.35. The Morgan fingerprint density at radius 2 is 1.64 bits per heavy atom. The van der Waals surface area contributed by atoms with Gasteiger partial charge in [-0.3, -0.25) is 9.78 Å². The van der Waals surface area contributed by atoms with Crippen LogP contribution in [0.25, 0.3) is 10.9 Å². The Labute approximate surface area is 146 Å². The van der Waals surface area contributed by atoms with Gasteiger partial charge in [0.1, 0.15) is 0 Å². The van der Waals surface area contributed by atoms with Crippen LogP contribution in [-0.4, -0.2) is 34.0 Å². The molecule has 0 atom stereocenters. The van der Waals surface area contributed by atoms with Gasteiger partial charge in [-0.25, -0.2) is 0 Å². The average Bonchev–Trinajstić information content (AvgIpc) is 2.68. The van der Waals surface area contributed by atoms with Gasteiger partial charge in [-0.1, -0.05) is 48.5 Å². The van der Waals surface area contributed by atoms with Crippen LogP contribution in [0.3, 0.4) is 0 Å². The van der Waals surface area contributed by atoms with Gasteiger partial charge in [-0.05, 0) is 30.5 Å². The first-order valence-corrected chi connectivity index (χ1v) is 8.58. The van der Waals surface area contributed by atoms with Gasteiger partial charge >= 0.3 is 0 Å². The molecule has 0 bridgehead atoms. The fraction of sp³-hybridized carbons (Fsp3) is 0.238. The van der Waals surface area contributed by atoms with Gasteiger partial charge < -0.3 is 10.0 Å². The highest BCUT2D eigenvalue weighted by Crippen LogP contribution is 2.33. The molecular weight excluding hydrogens is 312 g/mol. The summed E-state index contributed by atoms with van der Waals surface area (Å²) in [6.07, 6.45) is 2.78. The summed E-state index contributed by atoms with van der Waals surface area (Å²) in [6, 6.07) is 19.2. The van der Waals surface area contributed by atoms with E-state index in [1.165, 1.54) is 0 Å². The molecule has 2 aromatic carbocycles. The van der Waals surface area contributed by atoms with Crippen molar-refractivity contribution in [2.45, 2.75) is 18.4 Å². The lowest BCUT2D eigenvalue weighted by atomic mass is 9.84. The fourth-order valence-corrected chi connectivity index (χ4v) is 3.57. The Morgan fingerprint density at radius 1 is 0.960 bits per heavy atom. The Morgan fingerprint density at radius 3 is 2.40 bits per heavy atom. The molecule has 25 heavy (non-hydrogen) atoms. The molecule has 0 saturated carbocycles. The van der Waals surface area contributed by atoms with E-state index in [-0.39, 0.29) is 5.91 Å². The molecule has 1 aromatic heterocycles.